The molecule has 0 fully saturated rings. The van der Waals surface area contributed by atoms with Gasteiger partial charge in [0.1, 0.15) is 0 Å². The minimum Gasteiger partial charge on any atom is -0.412 e. The third-order valence-corrected chi connectivity index (χ3v) is 0. The second-order valence-corrected chi connectivity index (χ2v) is 0.671. The van der Waals surface area contributed by atoms with Crippen LogP contribution in [0.3, 0.4) is 0 Å². The first-order valence-electron chi connectivity index (χ1n) is 1.64. The van der Waals surface area contributed by atoms with Crippen LogP contribution in [0.1, 0.15) is 0 Å². The molecule has 0 bridgehead atoms. The van der Waals surface area contributed by atoms with Gasteiger partial charge in [0, 0.05) is 0 Å². The van der Waals surface area contributed by atoms with Gasteiger partial charge in [0.05, 0.1) is 15.3 Å². The van der Waals surface area contributed by atoms with E-state index < -0.39 is 15.3 Å². The van der Waals surface area contributed by atoms with Crippen LogP contribution in [0.25, 0.3) is 0 Å². The molecule has 19 heavy (non-hydrogen) atoms. The molecule has 0 heterocycles. The summed E-state index contributed by atoms with van der Waals surface area (Å²) in [5.74, 6) is 0. The molecule has 0 spiro atoms. The summed E-state index contributed by atoms with van der Waals surface area (Å²) in [6.45, 7) is 0. The van der Waals surface area contributed by atoms with Crippen LogP contribution in [-0.4, -0.2) is 48.1 Å². The molecule has 18 nitrogen and oxygen atoms in total. The molecular formula is H12ErN3O15. The smallest absolute Gasteiger partial charge is 0.412 e. The number of nitrogens with zero attached hydrogens (tertiary/aromatic N) is 3. The predicted octanol–water partition coefficient (Wildman–Crippen LogP) is -5.67. The molecule has 0 aliphatic carbocycles. The molecule has 1 radical (unpaired) electrons. The predicted molar refractivity (Wildman–Crippen MR) is 52.8 cm³/mol. The van der Waals surface area contributed by atoms with Crippen LogP contribution in [-0.2, 0) is 0 Å². The average molecular weight is 461 g/mol. The van der Waals surface area contributed by atoms with E-state index in [1.807, 2.05) is 0 Å². The fourth-order valence-electron chi connectivity index (χ4n) is 0. The molecule has 0 unspecified atom stereocenters. The summed E-state index contributed by atoms with van der Waals surface area (Å²) in [6.07, 6.45) is 0. The number of rotatable bonds is 0. The zero-order valence-electron chi connectivity index (χ0n) is 8.30. The molecule has 0 aromatic heterocycles. The monoisotopic (exact) mass is 460 g/mol. The maximum absolute atomic E-state index is 8.25. The fraction of sp³-hybridized carbons (Fsp3) is 0. The molecule has 0 rings (SSSR count). The van der Waals surface area contributed by atoms with Gasteiger partial charge in [0.2, 0.25) is 0 Å². The summed E-state index contributed by atoms with van der Waals surface area (Å²) in [7, 11) is 0. The molecule has 0 amide bonds. The topological polar surface area (TPSA) is 388 Å². The van der Waals surface area contributed by atoms with Crippen molar-refractivity contribution in [1.29, 1.82) is 0 Å². The largest absolute Gasteiger partial charge is 3.00 e. The van der Waals surface area contributed by atoms with Crippen molar-refractivity contribution in [2.24, 2.45) is 0 Å². The van der Waals surface area contributed by atoms with Crippen molar-refractivity contribution in [3.8, 4) is 0 Å². The van der Waals surface area contributed by atoms with E-state index in [4.69, 9.17) is 46.0 Å². The van der Waals surface area contributed by atoms with E-state index in [9.17, 15) is 0 Å². The van der Waals surface area contributed by atoms with E-state index in [1.54, 1.807) is 0 Å². The molecule has 0 aromatic rings. The van der Waals surface area contributed by atoms with E-state index in [-0.39, 0.29) is 70.2 Å². The Bertz CT molecular complexity index is 115. The molecule has 0 aliphatic heterocycles. The van der Waals surface area contributed by atoms with Crippen LogP contribution >= 0.6 is 0 Å². The van der Waals surface area contributed by atoms with Crippen molar-refractivity contribution in [3.63, 3.8) is 0 Å². The Kier molecular flexibility index (Phi) is 309. The summed E-state index contributed by atoms with van der Waals surface area (Å²) >= 11 is 0. The Morgan fingerprint density at radius 3 is 0.421 bits per heavy atom. The standard InChI is InChI=1S/Er.3NO3.6H2O/c;3*2-1(3)4;;;;;;/h;;;;6*1H2/q+3;3*-1;;;;;;. The maximum atomic E-state index is 8.25. The summed E-state index contributed by atoms with van der Waals surface area (Å²) in [4.78, 5) is 24.8. The third kappa shape index (κ3) is 1830. The van der Waals surface area contributed by atoms with Gasteiger partial charge in [-0.2, -0.15) is 0 Å². The number of hydrogen-bond acceptors (Lipinski definition) is 9. The van der Waals surface area contributed by atoms with Gasteiger partial charge in [-0.3, -0.25) is 0 Å². The minimum atomic E-state index is -1.75. The van der Waals surface area contributed by atoms with Crippen molar-refractivity contribution in [3.05, 3.63) is 46.0 Å². The van der Waals surface area contributed by atoms with Crippen molar-refractivity contribution >= 4 is 0 Å². The Labute approximate surface area is 131 Å². The summed E-state index contributed by atoms with van der Waals surface area (Å²) in [5, 5.41) is 44.2. The van der Waals surface area contributed by atoms with Gasteiger partial charge in [-0.15, -0.1) is 0 Å². The van der Waals surface area contributed by atoms with Gasteiger partial charge in [0.15, 0.2) is 0 Å². The zero-order chi connectivity index (χ0) is 10.7. The second kappa shape index (κ2) is 69.9. The summed E-state index contributed by atoms with van der Waals surface area (Å²) in [5.41, 5.74) is 0. The van der Waals surface area contributed by atoms with Crippen molar-refractivity contribution in [2.45, 2.75) is 0 Å². The van der Waals surface area contributed by atoms with Gasteiger partial charge in [-0.1, -0.05) is 0 Å². The fourth-order valence-corrected chi connectivity index (χ4v) is 0. The van der Waals surface area contributed by atoms with E-state index >= 15 is 0 Å². The third-order valence-electron chi connectivity index (χ3n) is 0. The van der Waals surface area contributed by atoms with Gasteiger partial charge >= 0.3 is 37.3 Å². The molecule has 12 N–H and O–H groups in total. The minimum absolute atomic E-state index is 0. The molecule has 0 atom stereocenters. The summed E-state index contributed by atoms with van der Waals surface area (Å²) < 4.78 is 0. The van der Waals surface area contributed by atoms with Crippen LogP contribution in [0.5, 0.6) is 0 Å². The molecular weight excluding hydrogens is 449 g/mol. The van der Waals surface area contributed by atoms with Gasteiger partial charge in [-0.25, -0.2) is 0 Å². The Morgan fingerprint density at radius 1 is 0.421 bits per heavy atom. The van der Waals surface area contributed by atoms with Crippen LogP contribution in [0.4, 0.5) is 0 Å². The van der Waals surface area contributed by atoms with E-state index in [1.165, 1.54) is 0 Å². The Hall–Kier alpha value is -1.39. The van der Waals surface area contributed by atoms with E-state index in [2.05, 4.69) is 0 Å². The average Bonchev–Trinajstić information content (AvgIpc) is 1.54. The van der Waals surface area contributed by atoms with E-state index in [0.29, 0.717) is 0 Å². The SMILES string of the molecule is O.O.O.O.O.O.O=[N+]([O-])[O-].O=[N+]([O-])[O-].O=[N+]([O-])[O-].[Er+3]. The van der Waals surface area contributed by atoms with Crippen molar-refractivity contribution in [1.82, 2.24) is 0 Å². The van der Waals surface area contributed by atoms with Gasteiger partial charge < -0.3 is 78.8 Å². The molecule has 129 valence electrons. The van der Waals surface area contributed by atoms with Gasteiger partial charge in [-0.05, 0) is 0 Å². The van der Waals surface area contributed by atoms with Crippen LogP contribution in [0.15, 0.2) is 0 Å². The second-order valence-electron chi connectivity index (χ2n) is 0.671. The normalized spacial score (nSPS) is 3.79. The van der Waals surface area contributed by atoms with Crippen LogP contribution < -0.4 is 0 Å². The van der Waals surface area contributed by atoms with Gasteiger partial charge in [0.25, 0.3) is 0 Å². The Balaban J connectivity index is -0.00000000675. The van der Waals surface area contributed by atoms with E-state index in [0.717, 1.165) is 0 Å². The van der Waals surface area contributed by atoms with Crippen molar-refractivity contribution < 1.29 is 85.4 Å². The summed E-state index contributed by atoms with van der Waals surface area (Å²) in [6, 6.07) is 0. The first-order valence-corrected chi connectivity index (χ1v) is 1.64. The molecule has 0 saturated carbocycles. The molecule has 19 heteroatoms. The quantitative estimate of drug-likeness (QED) is 0.244. The Morgan fingerprint density at radius 2 is 0.421 bits per heavy atom. The zero-order valence-corrected chi connectivity index (χ0v) is 10.2. The first-order chi connectivity index (χ1) is 5.20. The molecule has 0 aromatic carbocycles. The molecule has 0 aliphatic rings. The first kappa shape index (κ1) is 83.9. The number of hydrogen-bond donors (Lipinski definition) is 0. The molecule has 0 saturated heterocycles. The van der Waals surface area contributed by atoms with Crippen LogP contribution in [0.2, 0.25) is 0 Å². The maximum Gasteiger partial charge on any atom is 3.00 e. The van der Waals surface area contributed by atoms with Crippen molar-refractivity contribution in [2.75, 3.05) is 0 Å². The van der Waals surface area contributed by atoms with Crippen LogP contribution in [0, 0.1) is 83.3 Å².